The number of nitrogens with one attached hydrogen (secondary N) is 2. The van der Waals surface area contributed by atoms with Gasteiger partial charge in [-0.2, -0.15) is 4.98 Å². The molecule has 0 saturated heterocycles. The summed E-state index contributed by atoms with van der Waals surface area (Å²) >= 11 is 0. The Morgan fingerprint density at radius 3 is 2.41 bits per heavy atom. The van der Waals surface area contributed by atoms with E-state index in [1.54, 1.807) is 19.2 Å². The fourth-order valence-corrected chi connectivity index (χ4v) is 2.39. The van der Waals surface area contributed by atoms with Gasteiger partial charge in [0.25, 0.3) is 5.89 Å². The summed E-state index contributed by atoms with van der Waals surface area (Å²) in [4.78, 5) is 16.3. The number of benzene rings is 2. The van der Waals surface area contributed by atoms with Crippen molar-refractivity contribution in [1.29, 1.82) is 0 Å². The van der Waals surface area contributed by atoms with Crippen LogP contribution in [0.5, 0.6) is 5.75 Å². The monoisotopic (exact) mass is 366 g/mol. The highest BCUT2D eigenvalue weighted by atomic mass is 16.5. The first-order valence-corrected chi connectivity index (χ1v) is 8.75. The molecule has 2 N–H and O–H groups in total. The summed E-state index contributed by atoms with van der Waals surface area (Å²) in [7, 11) is 1.62. The van der Waals surface area contributed by atoms with Crippen molar-refractivity contribution in [2.24, 2.45) is 0 Å². The Kier molecular flexibility index (Phi) is 5.71. The number of nitrogens with zero attached hydrogens (tertiary/aromatic N) is 2. The van der Waals surface area contributed by atoms with Gasteiger partial charge in [-0.05, 0) is 61.9 Å². The number of amides is 2. The molecule has 0 saturated carbocycles. The lowest BCUT2D eigenvalue weighted by atomic mass is 10.2. The highest BCUT2D eigenvalue weighted by Gasteiger charge is 2.11. The van der Waals surface area contributed by atoms with Gasteiger partial charge in [-0.1, -0.05) is 12.1 Å². The van der Waals surface area contributed by atoms with Crippen LogP contribution >= 0.6 is 0 Å². The Bertz CT molecular complexity index is 888. The first-order valence-electron chi connectivity index (χ1n) is 8.75. The second-order valence-corrected chi connectivity index (χ2v) is 6.14. The largest absolute Gasteiger partial charge is 0.497 e. The normalized spacial score (nSPS) is 11.7. The molecule has 0 aliphatic rings. The molecule has 0 spiro atoms. The molecule has 3 aromatic rings. The van der Waals surface area contributed by atoms with Crippen LogP contribution in [0.15, 0.2) is 53.1 Å². The van der Waals surface area contributed by atoms with Gasteiger partial charge in [0.2, 0.25) is 5.82 Å². The maximum absolute atomic E-state index is 11.9. The van der Waals surface area contributed by atoms with Gasteiger partial charge in [-0.3, -0.25) is 0 Å². The van der Waals surface area contributed by atoms with Crippen LogP contribution in [0.3, 0.4) is 0 Å². The average Bonchev–Trinajstić information content (AvgIpc) is 3.18. The van der Waals surface area contributed by atoms with Crippen LogP contribution in [-0.2, 0) is 0 Å². The summed E-state index contributed by atoms with van der Waals surface area (Å²) in [5, 5.41) is 9.69. The molecule has 1 heterocycles. The predicted octanol–water partition coefficient (Wildman–Crippen LogP) is 4.33. The number of carbonyl (C=O) groups is 1. The maximum atomic E-state index is 11.9. The quantitative estimate of drug-likeness (QED) is 0.678. The summed E-state index contributed by atoms with van der Waals surface area (Å²) in [6.07, 6.45) is 0.876. The van der Waals surface area contributed by atoms with Crippen LogP contribution in [0, 0.1) is 0 Å². The van der Waals surface area contributed by atoms with E-state index in [-0.39, 0.29) is 12.1 Å². The Hall–Kier alpha value is -3.35. The van der Waals surface area contributed by atoms with Crippen LogP contribution in [-0.4, -0.2) is 29.3 Å². The van der Waals surface area contributed by atoms with Gasteiger partial charge in [0, 0.05) is 22.9 Å². The lowest BCUT2D eigenvalue weighted by Crippen LogP contribution is -2.35. The molecule has 2 aromatic carbocycles. The Morgan fingerprint density at radius 1 is 1.11 bits per heavy atom. The molecule has 0 bridgehead atoms. The number of anilines is 1. The first kappa shape index (κ1) is 18.4. The molecule has 2 amide bonds. The van der Waals surface area contributed by atoms with E-state index in [1.807, 2.05) is 50.2 Å². The van der Waals surface area contributed by atoms with Gasteiger partial charge in [0.1, 0.15) is 5.75 Å². The lowest BCUT2D eigenvalue weighted by molar-refractivity contribution is 0.249. The number of rotatable bonds is 6. The van der Waals surface area contributed by atoms with E-state index in [9.17, 15) is 4.79 Å². The van der Waals surface area contributed by atoms with E-state index in [1.165, 1.54) is 0 Å². The number of aromatic nitrogens is 2. The summed E-state index contributed by atoms with van der Waals surface area (Å²) in [5.74, 6) is 1.68. The van der Waals surface area contributed by atoms with E-state index < -0.39 is 0 Å². The van der Waals surface area contributed by atoms with Crippen molar-refractivity contribution in [3.05, 3.63) is 48.5 Å². The Balaban J connectivity index is 1.68. The standard InChI is InChI=1S/C20H22N4O3/c1-4-13(2)21-20(25)22-16-9-5-14(6-10-16)18-23-19(27-24-18)15-7-11-17(26-3)12-8-15/h5-13H,4H2,1-3H3,(H2,21,22,25)/t13-/m0/s1. The van der Waals surface area contributed by atoms with Crippen molar-refractivity contribution >= 4 is 11.7 Å². The minimum atomic E-state index is -0.224. The Morgan fingerprint density at radius 2 is 1.78 bits per heavy atom. The van der Waals surface area contributed by atoms with Crippen LogP contribution in [0.1, 0.15) is 20.3 Å². The fraction of sp³-hybridized carbons (Fsp3) is 0.250. The van der Waals surface area contributed by atoms with Crippen LogP contribution in [0.4, 0.5) is 10.5 Å². The molecular formula is C20H22N4O3. The van der Waals surface area contributed by atoms with Gasteiger partial charge >= 0.3 is 6.03 Å². The van der Waals surface area contributed by atoms with Crippen LogP contribution in [0.25, 0.3) is 22.8 Å². The smallest absolute Gasteiger partial charge is 0.319 e. The van der Waals surface area contributed by atoms with Gasteiger partial charge in [-0.15, -0.1) is 0 Å². The average molecular weight is 366 g/mol. The topological polar surface area (TPSA) is 89.3 Å². The van der Waals surface area contributed by atoms with Crippen molar-refractivity contribution in [2.45, 2.75) is 26.3 Å². The summed E-state index contributed by atoms with van der Waals surface area (Å²) < 4.78 is 10.5. The molecule has 7 heteroatoms. The van der Waals surface area contributed by atoms with E-state index in [0.29, 0.717) is 17.4 Å². The minimum Gasteiger partial charge on any atom is -0.497 e. The highest BCUT2D eigenvalue weighted by molar-refractivity contribution is 5.89. The van der Waals surface area contributed by atoms with Gasteiger partial charge in [0.15, 0.2) is 0 Å². The summed E-state index contributed by atoms with van der Waals surface area (Å²) in [5.41, 5.74) is 2.30. The van der Waals surface area contributed by atoms with Crippen molar-refractivity contribution in [1.82, 2.24) is 15.5 Å². The zero-order valence-corrected chi connectivity index (χ0v) is 15.5. The summed E-state index contributed by atoms with van der Waals surface area (Å²) in [6.45, 7) is 3.98. The zero-order chi connectivity index (χ0) is 19.2. The van der Waals surface area contributed by atoms with E-state index >= 15 is 0 Å². The lowest BCUT2D eigenvalue weighted by Gasteiger charge is -2.12. The molecule has 0 radical (unpaired) electrons. The molecular weight excluding hydrogens is 344 g/mol. The molecule has 1 atom stereocenters. The highest BCUT2D eigenvalue weighted by Crippen LogP contribution is 2.24. The molecule has 3 rings (SSSR count). The first-order chi connectivity index (χ1) is 13.1. The number of methoxy groups -OCH3 is 1. The van der Waals surface area contributed by atoms with E-state index in [0.717, 1.165) is 23.3 Å². The summed E-state index contributed by atoms with van der Waals surface area (Å²) in [6, 6.07) is 14.6. The van der Waals surface area contributed by atoms with Gasteiger partial charge < -0.3 is 19.9 Å². The number of hydrogen-bond donors (Lipinski definition) is 2. The molecule has 1 aromatic heterocycles. The fourth-order valence-electron chi connectivity index (χ4n) is 2.39. The third-order valence-electron chi connectivity index (χ3n) is 4.15. The Labute approximate surface area is 157 Å². The van der Waals surface area contributed by atoms with Crippen LogP contribution in [0.2, 0.25) is 0 Å². The number of hydrogen-bond acceptors (Lipinski definition) is 5. The van der Waals surface area contributed by atoms with E-state index in [4.69, 9.17) is 9.26 Å². The molecule has 0 aliphatic heterocycles. The molecule has 7 nitrogen and oxygen atoms in total. The van der Waals surface area contributed by atoms with Gasteiger partial charge in [-0.25, -0.2) is 4.79 Å². The second-order valence-electron chi connectivity index (χ2n) is 6.14. The third kappa shape index (κ3) is 4.63. The molecule has 0 fully saturated rings. The zero-order valence-electron chi connectivity index (χ0n) is 15.5. The van der Waals surface area contributed by atoms with Crippen molar-refractivity contribution in [3.8, 4) is 28.6 Å². The second kappa shape index (κ2) is 8.35. The SMILES string of the molecule is CC[C@H](C)NC(=O)Nc1ccc(-c2noc(-c3ccc(OC)cc3)n2)cc1. The van der Waals surface area contributed by atoms with Crippen molar-refractivity contribution < 1.29 is 14.1 Å². The van der Waals surface area contributed by atoms with E-state index in [2.05, 4.69) is 20.8 Å². The predicted molar refractivity (Wildman–Crippen MR) is 104 cm³/mol. The maximum Gasteiger partial charge on any atom is 0.319 e. The molecule has 0 aliphatic carbocycles. The van der Waals surface area contributed by atoms with Crippen molar-refractivity contribution in [2.75, 3.05) is 12.4 Å². The molecule has 0 unspecified atom stereocenters. The number of ether oxygens (including phenoxy) is 1. The minimum absolute atomic E-state index is 0.125. The third-order valence-corrected chi connectivity index (χ3v) is 4.15. The molecule has 140 valence electrons. The van der Waals surface area contributed by atoms with Crippen LogP contribution < -0.4 is 15.4 Å². The van der Waals surface area contributed by atoms with Crippen molar-refractivity contribution in [3.63, 3.8) is 0 Å². The number of carbonyl (C=O) groups excluding carboxylic acids is 1. The molecule has 27 heavy (non-hydrogen) atoms. The van der Waals surface area contributed by atoms with Gasteiger partial charge in [0.05, 0.1) is 7.11 Å². The number of urea groups is 1.